The van der Waals surface area contributed by atoms with Crippen LogP contribution in [0.3, 0.4) is 0 Å². The van der Waals surface area contributed by atoms with E-state index in [1.54, 1.807) is 0 Å². The standard InChI is InChI=1S/C10H12N2/c1-6-4-9-8(3)11-12-10(9)5-7(6)2/h4-5H,1-3H3,(H,11,12). The number of aromatic nitrogens is 2. The molecule has 2 rings (SSSR count). The van der Waals surface area contributed by atoms with E-state index in [0.29, 0.717) is 0 Å². The molecule has 0 bridgehead atoms. The molecular weight excluding hydrogens is 148 g/mol. The SMILES string of the molecule is Cc1cc2[nH]nc(C)c2cc1C. The van der Waals surface area contributed by atoms with E-state index in [1.165, 1.54) is 16.5 Å². The molecule has 0 aliphatic rings. The Hall–Kier alpha value is -1.31. The first-order valence-corrected chi connectivity index (χ1v) is 4.10. The van der Waals surface area contributed by atoms with Gasteiger partial charge in [-0.1, -0.05) is 0 Å². The number of fused-ring (bicyclic) bond motifs is 1. The molecule has 0 saturated heterocycles. The highest BCUT2D eigenvalue weighted by Crippen LogP contribution is 2.19. The Morgan fingerprint density at radius 1 is 1.08 bits per heavy atom. The number of rotatable bonds is 0. The van der Waals surface area contributed by atoms with Gasteiger partial charge in [-0.25, -0.2) is 0 Å². The Bertz CT molecular complexity index is 427. The van der Waals surface area contributed by atoms with Crippen LogP contribution in [0.1, 0.15) is 16.8 Å². The van der Waals surface area contributed by atoms with Gasteiger partial charge >= 0.3 is 0 Å². The molecule has 2 nitrogen and oxygen atoms in total. The number of hydrogen-bond donors (Lipinski definition) is 1. The first kappa shape index (κ1) is 7.35. The topological polar surface area (TPSA) is 28.7 Å². The number of aromatic amines is 1. The van der Waals surface area contributed by atoms with Gasteiger partial charge in [0, 0.05) is 5.39 Å². The Kier molecular flexibility index (Phi) is 1.43. The highest BCUT2D eigenvalue weighted by atomic mass is 15.1. The normalized spacial score (nSPS) is 10.9. The Morgan fingerprint density at radius 3 is 2.50 bits per heavy atom. The average Bonchev–Trinajstić information content (AvgIpc) is 2.35. The van der Waals surface area contributed by atoms with Gasteiger partial charge in [0.2, 0.25) is 0 Å². The largest absolute Gasteiger partial charge is 0.278 e. The van der Waals surface area contributed by atoms with Crippen molar-refractivity contribution < 1.29 is 0 Å². The minimum Gasteiger partial charge on any atom is -0.278 e. The van der Waals surface area contributed by atoms with Crippen LogP contribution < -0.4 is 0 Å². The molecule has 0 atom stereocenters. The molecular formula is C10H12N2. The van der Waals surface area contributed by atoms with E-state index in [0.717, 1.165) is 11.2 Å². The second kappa shape index (κ2) is 2.34. The predicted molar refractivity (Wildman–Crippen MR) is 50.3 cm³/mol. The van der Waals surface area contributed by atoms with Crippen LogP contribution in [0.25, 0.3) is 10.9 Å². The van der Waals surface area contributed by atoms with Gasteiger partial charge in [0.1, 0.15) is 0 Å². The lowest BCUT2D eigenvalue weighted by Crippen LogP contribution is -1.80. The van der Waals surface area contributed by atoms with Crippen molar-refractivity contribution in [3.63, 3.8) is 0 Å². The van der Waals surface area contributed by atoms with E-state index in [4.69, 9.17) is 0 Å². The molecule has 0 radical (unpaired) electrons. The van der Waals surface area contributed by atoms with E-state index >= 15 is 0 Å². The van der Waals surface area contributed by atoms with Crippen molar-refractivity contribution in [2.45, 2.75) is 20.8 Å². The van der Waals surface area contributed by atoms with Crippen LogP contribution in [-0.4, -0.2) is 10.2 Å². The molecule has 0 saturated carbocycles. The van der Waals surface area contributed by atoms with E-state index in [1.807, 2.05) is 6.92 Å². The molecule has 0 fully saturated rings. The van der Waals surface area contributed by atoms with Crippen molar-refractivity contribution in [2.75, 3.05) is 0 Å². The summed E-state index contributed by atoms with van der Waals surface area (Å²) in [6.07, 6.45) is 0. The quantitative estimate of drug-likeness (QED) is 0.630. The summed E-state index contributed by atoms with van der Waals surface area (Å²) in [7, 11) is 0. The number of nitrogens with one attached hydrogen (secondary N) is 1. The van der Waals surface area contributed by atoms with Gasteiger partial charge in [0.15, 0.2) is 0 Å². The lowest BCUT2D eigenvalue weighted by molar-refractivity contribution is 1.07. The zero-order valence-electron chi connectivity index (χ0n) is 7.60. The fourth-order valence-corrected chi connectivity index (χ4v) is 1.41. The molecule has 1 heterocycles. The summed E-state index contributed by atoms with van der Waals surface area (Å²) >= 11 is 0. The molecule has 2 aromatic rings. The van der Waals surface area contributed by atoms with Gasteiger partial charge in [-0.05, 0) is 44.0 Å². The fraction of sp³-hybridized carbons (Fsp3) is 0.300. The van der Waals surface area contributed by atoms with Crippen LogP contribution in [-0.2, 0) is 0 Å². The molecule has 62 valence electrons. The monoisotopic (exact) mass is 160 g/mol. The first-order chi connectivity index (χ1) is 5.68. The zero-order valence-corrected chi connectivity index (χ0v) is 7.60. The summed E-state index contributed by atoms with van der Waals surface area (Å²) in [6, 6.07) is 4.33. The van der Waals surface area contributed by atoms with Gasteiger partial charge in [-0.2, -0.15) is 5.10 Å². The molecule has 0 aliphatic heterocycles. The van der Waals surface area contributed by atoms with Gasteiger partial charge in [-0.3, -0.25) is 5.10 Å². The number of nitrogens with zero attached hydrogens (tertiary/aromatic N) is 1. The van der Waals surface area contributed by atoms with Crippen LogP contribution in [0.5, 0.6) is 0 Å². The Balaban J connectivity index is 2.87. The molecule has 0 unspecified atom stereocenters. The van der Waals surface area contributed by atoms with Crippen LogP contribution in [0.4, 0.5) is 0 Å². The lowest BCUT2D eigenvalue weighted by atomic mass is 10.1. The maximum absolute atomic E-state index is 4.15. The number of aryl methyl sites for hydroxylation is 3. The lowest BCUT2D eigenvalue weighted by Gasteiger charge is -1.98. The summed E-state index contributed by atoms with van der Waals surface area (Å²) in [5, 5.41) is 8.39. The van der Waals surface area contributed by atoms with Crippen molar-refractivity contribution in [3.8, 4) is 0 Å². The van der Waals surface area contributed by atoms with Crippen molar-refractivity contribution in [1.82, 2.24) is 10.2 Å². The maximum atomic E-state index is 4.15. The molecule has 1 aromatic carbocycles. The van der Waals surface area contributed by atoms with Gasteiger partial charge in [-0.15, -0.1) is 0 Å². The second-order valence-electron chi connectivity index (χ2n) is 3.29. The third kappa shape index (κ3) is 0.916. The van der Waals surface area contributed by atoms with Gasteiger partial charge in [0.25, 0.3) is 0 Å². The van der Waals surface area contributed by atoms with Crippen molar-refractivity contribution in [2.24, 2.45) is 0 Å². The van der Waals surface area contributed by atoms with Crippen molar-refractivity contribution in [1.29, 1.82) is 0 Å². The van der Waals surface area contributed by atoms with E-state index in [2.05, 4.69) is 36.2 Å². The van der Waals surface area contributed by atoms with E-state index < -0.39 is 0 Å². The van der Waals surface area contributed by atoms with E-state index in [9.17, 15) is 0 Å². The van der Waals surface area contributed by atoms with Crippen LogP contribution in [0, 0.1) is 20.8 Å². The zero-order chi connectivity index (χ0) is 8.72. The Labute approximate surface area is 71.6 Å². The predicted octanol–water partition coefficient (Wildman–Crippen LogP) is 2.49. The van der Waals surface area contributed by atoms with Gasteiger partial charge in [0.05, 0.1) is 11.2 Å². The van der Waals surface area contributed by atoms with Crippen LogP contribution in [0.15, 0.2) is 12.1 Å². The summed E-state index contributed by atoms with van der Waals surface area (Å²) in [5.41, 5.74) is 4.85. The highest BCUT2D eigenvalue weighted by Gasteiger charge is 2.02. The summed E-state index contributed by atoms with van der Waals surface area (Å²) in [6.45, 7) is 6.26. The smallest absolute Gasteiger partial charge is 0.0670 e. The molecule has 2 heteroatoms. The minimum absolute atomic E-state index is 1.08. The average molecular weight is 160 g/mol. The van der Waals surface area contributed by atoms with Gasteiger partial charge < -0.3 is 0 Å². The number of H-pyrrole nitrogens is 1. The van der Waals surface area contributed by atoms with Crippen LogP contribution in [0.2, 0.25) is 0 Å². The molecule has 0 aliphatic carbocycles. The minimum atomic E-state index is 1.08. The second-order valence-corrected chi connectivity index (χ2v) is 3.29. The summed E-state index contributed by atoms with van der Waals surface area (Å²) < 4.78 is 0. The fourth-order valence-electron chi connectivity index (χ4n) is 1.41. The Morgan fingerprint density at radius 2 is 1.75 bits per heavy atom. The van der Waals surface area contributed by atoms with E-state index in [-0.39, 0.29) is 0 Å². The molecule has 12 heavy (non-hydrogen) atoms. The highest BCUT2D eigenvalue weighted by molar-refractivity contribution is 5.82. The maximum Gasteiger partial charge on any atom is 0.0670 e. The number of benzene rings is 1. The molecule has 1 N–H and O–H groups in total. The molecule has 1 aromatic heterocycles. The summed E-state index contributed by atoms with van der Waals surface area (Å²) in [4.78, 5) is 0. The first-order valence-electron chi connectivity index (χ1n) is 4.10. The van der Waals surface area contributed by atoms with Crippen LogP contribution >= 0.6 is 0 Å². The third-order valence-corrected chi connectivity index (χ3v) is 2.37. The molecule has 0 amide bonds. The van der Waals surface area contributed by atoms with Crippen molar-refractivity contribution >= 4 is 10.9 Å². The number of hydrogen-bond acceptors (Lipinski definition) is 1. The molecule has 0 spiro atoms. The summed E-state index contributed by atoms with van der Waals surface area (Å²) in [5.74, 6) is 0. The van der Waals surface area contributed by atoms with Crippen molar-refractivity contribution in [3.05, 3.63) is 29.0 Å². The third-order valence-electron chi connectivity index (χ3n) is 2.37.